The average Bonchev–Trinajstić information content (AvgIpc) is 2.61. The van der Waals surface area contributed by atoms with Gasteiger partial charge in [0, 0.05) is 0 Å². The van der Waals surface area contributed by atoms with Gasteiger partial charge < -0.3 is 15.2 Å². The highest BCUT2D eigenvalue weighted by molar-refractivity contribution is 4.71. The van der Waals surface area contributed by atoms with Crippen molar-refractivity contribution in [2.45, 2.75) is 25.8 Å². The molecule has 0 spiro atoms. The fourth-order valence-electron chi connectivity index (χ4n) is 1.39. The van der Waals surface area contributed by atoms with Crippen molar-refractivity contribution in [3.63, 3.8) is 0 Å². The van der Waals surface area contributed by atoms with Crippen LogP contribution in [0, 0.1) is 5.21 Å². The summed E-state index contributed by atoms with van der Waals surface area (Å²) in [4.78, 5) is 5.04. The Bertz CT molecular complexity index is 186. The Kier molecular flexibility index (Phi) is 3.75. The van der Waals surface area contributed by atoms with E-state index in [1.165, 1.54) is 5.01 Å². The lowest BCUT2D eigenvalue weighted by Gasteiger charge is -2.17. The zero-order valence-corrected chi connectivity index (χ0v) is 7.72. The monoisotopic (exact) mass is 189 g/mol. The Labute approximate surface area is 76.9 Å². The van der Waals surface area contributed by atoms with Crippen LogP contribution in [0.5, 0.6) is 0 Å². The van der Waals surface area contributed by atoms with Gasteiger partial charge in [0.1, 0.15) is 12.6 Å². The molecule has 1 aliphatic rings. The highest BCUT2D eigenvalue weighted by Crippen LogP contribution is 2.16. The summed E-state index contributed by atoms with van der Waals surface area (Å²) in [6.45, 7) is 2.74. The van der Waals surface area contributed by atoms with Crippen LogP contribution in [-0.4, -0.2) is 40.9 Å². The maximum atomic E-state index is 11.2. The molecule has 0 aromatic carbocycles. The van der Waals surface area contributed by atoms with Gasteiger partial charge in [0.2, 0.25) is 5.28 Å². The second-order valence-corrected chi connectivity index (χ2v) is 2.89. The van der Waals surface area contributed by atoms with Gasteiger partial charge in [-0.2, -0.15) is 0 Å². The normalized spacial score (nSPS) is 23.7. The molecule has 0 amide bonds. The minimum Gasteiger partial charge on any atom is -0.569 e. The minimum absolute atomic E-state index is 0.0135. The van der Waals surface area contributed by atoms with Crippen molar-refractivity contribution >= 4 is 0 Å². The summed E-state index contributed by atoms with van der Waals surface area (Å²) in [5, 5.41) is 24.9. The first-order valence-electron chi connectivity index (χ1n) is 4.47. The molecular weight excluding hydrogens is 174 g/mol. The molecule has 0 bridgehead atoms. The molecule has 0 aliphatic carbocycles. The lowest BCUT2D eigenvalue weighted by molar-refractivity contribution is -0.714. The van der Waals surface area contributed by atoms with Crippen LogP contribution >= 0.6 is 0 Å². The topological polar surface area (TPSA) is 71.1 Å². The lowest BCUT2D eigenvalue weighted by Crippen LogP contribution is -2.37. The molecule has 0 saturated carbocycles. The second-order valence-electron chi connectivity index (χ2n) is 2.89. The zero-order valence-electron chi connectivity index (χ0n) is 7.72. The number of nitrogens with zero attached hydrogens (tertiary/aromatic N) is 3. The molecule has 0 aromatic rings. The van der Waals surface area contributed by atoms with Gasteiger partial charge in [-0.3, -0.25) is 0 Å². The number of aliphatic hydroxyl groups excluding tert-OH is 1. The van der Waals surface area contributed by atoms with E-state index in [1.54, 1.807) is 6.92 Å². The third-order valence-corrected chi connectivity index (χ3v) is 2.03. The van der Waals surface area contributed by atoms with Crippen LogP contribution in [-0.2, 0) is 4.84 Å². The van der Waals surface area contributed by atoms with Gasteiger partial charge in [-0.05, 0) is 19.8 Å². The number of hydrazine groups is 1. The molecule has 0 radical (unpaired) electrons. The highest BCUT2D eigenvalue weighted by Gasteiger charge is 2.30. The predicted molar refractivity (Wildman–Crippen MR) is 44.5 cm³/mol. The van der Waals surface area contributed by atoms with Gasteiger partial charge in [-0.25, -0.2) is 0 Å². The summed E-state index contributed by atoms with van der Waals surface area (Å²) < 4.78 is 0. The van der Waals surface area contributed by atoms with Crippen LogP contribution in [0.1, 0.15) is 19.8 Å². The van der Waals surface area contributed by atoms with E-state index in [1.807, 2.05) is 0 Å². The predicted octanol–water partition coefficient (Wildman–Crippen LogP) is 0.272. The molecule has 6 heteroatoms. The average molecular weight is 189 g/mol. The molecule has 13 heavy (non-hydrogen) atoms. The van der Waals surface area contributed by atoms with Gasteiger partial charge in [-0.1, -0.05) is 0 Å². The second kappa shape index (κ2) is 4.86. The van der Waals surface area contributed by atoms with Crippen LogP contribution in [0.15, 0.2) is 5.28 Å². The van der Waals surface area contributed by atoms with Crippen LogP contribution in [0.25, 0.3) is 0 Å². The van der Waals surface area contributed by atoms with E-state index >= 15 is 0 Å². The third-order valence-electron chi connectivity index (χ3n) is 2.03. The summed E-state index contributed by atoms with van der Waals surface area (Å²) in [6.07, 6.45) is 1.74. The van der Waals surface area contributed by atoms with Gasteiger partial charge >= 0.3 is 0 Å². The standard InChI is InChI=1S/C7H15N3O3/c1-2-13-8-10(12)9-5-3-4-7(9)6-11/h7,11H,2-6H2,1H3/b10-8-. The van der Waals surface area contributed by atoms with Gasteiger partial charge in [-0.15, -0.1) is 5.01 Å². The Morgan fingerprint density at radius 1 is 1.77 bits per heavy atom. The largest absolute Gasteiger partial charge is 0.569 e. The number of hydrogen-bond acceptors (Lipinski definition) is 4. The van der Waals surface area contributed by atoms with E-state index in [0.717, 1.165) is 12.8 Å². The smallest absolute Gasteiger partial charge is 0.233 e. The quantitative estimate of drug-likeness (QED) is 0.391. The van der Waals surface area contributed by atoms with E-state index in [-0.39, 0.29) is 12.6 Å². The Morgan fingerprint density at radius 2 is 2.54 bits per heavy atom. The van der Waals surface area contributed by atoms with Gasteiger partial charge in [0.25, 0.3) is 0 Å². The van der Waals surface area contributed by atoms with E-state index in [9.17, 15) is 5.21 Å². The van der Waals surface area contributed by atoms with Crippen molar-refractivity contribution in [2.24, 2.45) is 5.28 Å². The summed E-state index contributed by atoms with van der Waals surface area (Å²) in [6, 6.07) is -0.110. The molecule has 1 rings (SSSR count). The first-order chi connectivity index (χ1) is 6.29. The molecule has 1 N–H and O–H groups in total. The van der Waals surface area contributed by atoms with Crippen molar-refractivity contribution in [2.75, 3.05) is 19.8 Å². The summed E-state index contributed by atoms with van der Waals surface area (Å²) in [5.41, 5.74) is 0. The molecule has 1 aliphatic heterocycles. The van der Waals surface area contributed by atoms with Crippen LogP contribution in [0.2, 0.25) is 0 Å². The summed E-state index contributed by atoms with van der Waals surface area (Å²) >= 11 is 0. The fourth-order valence-corrected chi connectivity index (χ4v) is 1.39. The molecule has 1 unspecified atom stereocenters. The van der Waals surface area contributed by atoms with Crippen molar-refractivity contribution in [3.05, 3.63) is 5.21 Å². The molecule has 1 heterocycles. The number of hydrogen-bond donors (Lipinski definition) is 1. The van der Waals surface area contributed by atoms with E-state index in [0.29, 0.717) is 18.1 Å². The highest BCUT2D eigenvalue weighted by atomic mass is 16.7. The van der Waals surface area contributed by atoms with Crippen LogP contribution in [0.3, 0.4) is 0 Å². The maximum Gasteiger partial charge on any atom is 0.233 e. The van der Waals surface area contributed by atoms with Crippen molar-refractivity contribution < 1.29 is 14.9 Å². The lowest BCUT2D eigenvalue weighted by atomic mass is 10.2. The Hall–Kier alpha value is -1.04. The Balaban J connectivity index is 2.49. The van der Waals surface area contributed by atoms with Crippen LogP contribution < -0.4 is 0 Å². The number of aliphatic hydroxyl groups is 1. The molecule has 0 aromatic heterocycles. The SMILES string of the molecule is CCO/N=[N+](\[O-])N1CCCC1CO. The molecular formula is C7H15N3O3. The van der Waals surface area contributed by atoms with Crippen molar-refractivity contribution in [1.29, 1.82) is 0 Å². The maximum absolute atomic E-state index is 11.2. The first kappa shape index (κ1) is 10.0. The summed E-state index contributed by atoms with van der Waals surface area (Å²) in [7, 11) is 0. The molecule has 1 fully saturated rings. The van der Waals surface area contributed by atoms with Gasteiger partial charge in [0.05, 0.1) is 18.1 Å². The van der Waals surface area contributed by atoms with E-state index in [2.05, 4.69) is 10.1 Å². The van der Waals surface area contributed by atoms with Crippen molar-refractivity contribution in [1.82, 2.24) is 5.01 Å². The van der Waals surface area contributed by atoms with Crippen LogP contribution in [0.4, 0.5) is 0 Å². The first-order valence-corrected chi connectivity index (χ1v) is 4.47. The minimum atomic E-state index is -0.110. The third kappa shape index (κ3) is 2.45. The fraction of sp³-hybridized carbons (Fsp3) is 1.00. The van der Waals surface area contributed by atoms with E-state index in [4.69, 9.17) is 5.11 Å². The Morgan fingerprint density at radius 3 is 3.15 bits per heavy atom. The summed E-state index contributed by atoms with van der Waals surface area (Å²) in [5.74, 6) is 0. The molecule has 76 valence electrons. The molecule has 1 atom stereocenters. The molecule has 1 saturated heterocycles. The van der Waals surface area contributed by atoms with E-state index < -0.39 is 0 Å². The zero-order chi connectivity index (χ0) is 9.68. The van der Waals surface area contributed by atoms with Gasteiger partial charge in [0.15, 0.2) is 0 Å². The molecule has 6 nitrogen and oxygen atoms in total. The van der Waals surface area contributed by atoms with Crippen molar-refractivity contribution in [3.8, 4) is 0 Å². The number of rotatable bonds is 4.